The Morgan fingerprint density at radius 3 is 2.78 bits per heavy atom. The lowest BCUT2D eigenvalue weighted by Crippen LogP contribution is -2.20. The third-order valence-corrected chi connectivity index (χ3v) is 2.18. The number of carbonyl (C=O) groups excluding carboxylic acids is 1. The highest BCUT2D eigenvalue weighted by molar-refractivity contribution is 5.91. The van der Waals surface area contributed by atoms with Crippen LogP contribution in [-0.2, 0) is 4.79 Å². The Labute approximate surface area is 105 Å². The first kappa shape index (κ1) is 12.0. The van der Waals surface area contributed by atoms with Gasteiger partial charge in [0.2, 0.25) is 0 Å². The summed E-state index contributed by atoms with van der Waals surface area (Å²) in [6.07, 6.45) is 3.11. The van der Waals surface area contributed by atoms with Crippen molar-refractivity contribution < 1.29 is 9.53 Å². The standard InChI is InChI=1S/C13H13N3O2/c1-10-4-2-5-11(8-10)16-12(17)9-18-13-14-6-3-7-15-13/h2-8H,9H2,1H3,(H,16,17). The first-order chi connectivity index (χ1) is 8.74. The van der Waals surface area contributed by atoms with Gasteiger partial charge in [0.15, 0.2) is 6.61 Å². The van der Waals surface area contributed by atoms with Gasteiger partial charge in [-0.25, -0.2) is 9.97 Å². The number of carbonyl (C=O) groups is 1. The molecular weight excluding hydrogens is 230 g/mol. The molecule has 0 saturated carbocycles. The maximum absolute atomic E-state index is 11.6. The zero-order chi connectivity index (χ0) is 12.8. The Bertz CT molecular complexity index is 529. The van der Waals surface area contributed by atoms with Gasteiger partial charge in [-0.3, -0.25) is 4.79 Å². The third kappa shape index (κ3) is 3.55. The van der Waals surface area contributed by atoms with E-state index in [0.29, 0.717) is 0 Å². The van der Waals surface area contributed by atoms with Crippen molar-refractivity contribution in [2.45, 2.75) is 6.92 Å². The summed E-state index contributed by atoms with van der Waals surface area (Å²) in [4.78, 5) is 19.3. The van der Waals surface area contributed by atoms with Crippen molar-refractivity contribution in [1.29, 1.82) is 0 Å². The van der Waals surface area contributed by atoms with Gasteiger partial charge >= 0.3 is 6.01 Å². The lowest BCUT2D eigenvalue weighted by molar-refractivity contribution is -0.118. The van der Waals surface area contributed by atoms with Crippen LogP contribution < -0.4 is 10.1 Å². The second-order valence-electron chi connectivity index (χ2n) is 3.74. The minimum Gasteiger partial charge on any atom is -0.453 e. The van der Waals surface area contributed by atoms with E-state index < -0.39 is 0 Å². The minimum atomic E-state index is -0.243. The van der Waals surface area contributed by atoms with Gasteiger partial charge in [0.05, 0.1) is 0 Å². The highest BCUT2D eigenvalue weighted by atomic mass is 16.5. The summed E-state index contributed by atoms with van der Waals surface area (Å²) >= 11 is 0. The van der Waals surface area contributed by atoms with Crippen molar-refractivity contribution in [1.82, 2.24) is 9.97 Å². The Hall–Kier alpha value is -2.43. The van der Waals surface area contributed by atoms with Gasteiger partial charge in [-0.1, -0.05) is 12.1 Å². The van der Waals surface area contributed by atoms with E-state index in [2.05, 4.69) is 15.3 Å². The van der Waals surface area contributed by atoms with E-state index >= 15 is 0 Å². The van der Waals surface area contributed by atoms with Crippen molar-refractivity contribution in [3.8, 4) is 6.01 Å². The van der Waals surface area contributed by atoms with E-state index in [1.165, 1.54) is 0 Å². The number of nitrogens with zero attached hydrogens (tertiary/aromatic N) is 2. The number of benzene rings is 1. The normalized spacial score (nSPS) is 9.83. The van der Waals surface area contributed by atoms with Crippen molar-refractivity contribution in [2.24, 2.45) is 0 Å². The van der Waals surface area contributed by atoms with E-state index in [9.17, 15) is 4.79 Å². The summed E-state index contributed by atoms with van der Waals surface area (Å²) in [7, 11) is 0. The number of nitrogens with one attached hydrogen (secondary N) is 1. The lowest BCUT2D eigenvalue weighted by atomic mass is 10.2. The molecule has 0 atom stereocenters. The number of ether oxygens (including phenoxy) is 1. The fraction of sp³-hybridized carbons (Fsp3) is 0.154. The second kappa shape index (κ2) is 5.77. The molecule has 0 spiro atoms. The lowest BCUT2D eigenvalue weighted by Gasteiger charge is -2.06. The molecule has 1 N–H and O–H groups in total. The molecule has 2 aromatic rings. The summed E-state index contributed by atoms with van der Waals surface area (Å²) in [6.45, 7) is 1.85. The molecule has 18 heavy (non-hydrogen) atoms. The molecule has 5 heteroatoms. The van der Waals surface area contributed by atoms with E-state index in [1.807, 2.05) is 31.2 Å². The Kier molecular flexibility index (Phi) is 3.86. The summed E-state index contributed by atoms with van der Waals surface area (Å²) in [5, 5.41) is 2.73. The molecule has 1 amide bonds. The molecule has 1 aromatic heterocycles. The number of anilines is 1. The smallest absolute Gasteiger partial charge is 0.316 e. The summed E-state index contributed by atoms with van der Waals surface area (Å²) < 4.78 is 5.14. The molecule has 1 heterocycles. The highest BCUT2D eigenvalue weighted by Gasteiger charge is 2.04. The van der Waals surface area contributed by atoms with Crippen LogP contribution in [-0.4, -0.2) is 22.5 Å². The molecule has 0 aliphatic rings. The van der Waals surface area contributed by atoms with Crippen LogP contribution in [0, 0.1) is 6.92 Å². The quantitative estimate of drug-likeness (QED) is 0.889. The number of aromatic nitrogens is 2. The molecule has 0 aliphatic carbocycles. The predicted molar refractivity (Wildman–Crippen MR) is 67.3 cm³/mol. The largest absolute Gasteiger partial charge is 0.453 e. The highest BCUT2D eigenvalue weighted by Crippen LogP contribution is 2.09. The zero-order valence-electron chi connectivity index (χ0n) is 9.96. The average Bonchev–Trinajstić information content (AvgIpc) is 2.38. The minimum absolute atomic E-state index is 0.113. The molecule has 0 bridgehead atoms. The molecular formula is C13H13N3O2. The number of amides is 1. The van der Waals surface area contributed by atoms with Crippen LogP contribution in [0.15, 0.2) is 42.7 Å². The zero-order valence-corrected chi connectivity index (χ0v) is 9.96. The second-order valence-corrected chi connectivity index (χ2v) is 3.74. The van der Waals surface area contributed by atoms with Crippen LogP contribution in [0.1, 0.15) is 5.56 Å². The van der Waals surface area contributed by atoms with Gasteiger partial charge in [0, 0.05) is 18.1 Å². The van der Waals surface area contributed by atoms with Gasteiger partial charge < -0.3 is 10.1 Å². The third-order valence-electron chi connectivity index (χ3n) is 2.18. The van der Waals surface area contributed by atoms with Crippen LogP contribution in [0.2, 0.25) is 0 Å². The van der Waals surface area contributed by atoms with Gasteiger partial charge in [0.25, 0.3) is 5.91 Å². The van der Waals surface area contributed by atoms with E-state index in [-0.39, 0.29) is 18.5 Å². The molecule has 0 unspecified atom stereocenters. The number of aryl methyl sites for hydroxylation is 1. The molecule has 0 aliphatic heterocycles. The van der Waals surface area contributed by atoms with Crippen LogP contribution in [0.3, 0.4) is 0 Å². The Balaban J connectivity index is 1.86. The molecule has 5 nitrogen and oxygen atoms in total. The SMILES string of the molecule is Cc1cccc(NC(=O)COc2ncccn2)c1. The van der Waals surface area contributed by atoms with E-state index in [0.717, 1.165) is 11.3 Å². The Morgan fingerprint density at radius 1 is 1.28 bits per heavy atom. The van der Waals surface area contributed by atoms with Crippen LogP contribution in [0.5, 0.6) is 6.01 Å². The summed E-state index contributed by atoms with van der Waals surface area (Å²) in [5.41, 5.74) is 1.83. The van der Waals surface area contributed by atoms with Crippen LogP contribution >= 0.6 is 0 Å². The van der Waals surface area contributed by atoms with Crippen molar-refractivity contribution >= 4 is 11.6 Å². The number of hydrogen-bond donors (Lipinski definition) is 1. The molecule has 2 rings (SSSR count). The van der Waals surface area contributed by atoms with Crippen molar-refractivity contribution in [2.75, 3.05) is 11.9 Å². The van der Waals surface area contributed by atoms with Gasteiger partial charge in [-0.2, -0.15) is 0 Å². The van der Waals surface area contributed by atoms with E-state index in [1.54, 1.807) is 18.5 Å². The molecule has 0 saturated heterocycles. The maximum atomic E-state index is 11.6. The van der Waals surface area contributed by atoms with Gasteiger partial charge in [-0.15, -0.1) is 0 Å². The number of hydrogen-bond acceptors (Lipinski definition) is 4. The molecule has 0 fully saturated rings. The summed E-state index contributed by atoms with van der Waals surface area (Å²) in [5.74, 6) is -0.243. The fourth-order valence-electron chi connectivity index (χ4n) is 1.41. The van der Waals surface area contributed by atoms with Crippen molar-refractivity contribution in [3.05, 3.63) is 48.3 Å². The van der Waals surface area contributed by atoms with Crippen LogP contribution in [0.4, 0.5) is 5.69 Å². The first-order valence-corrected chi connectivity index (χ1v) is 5.50. The molecule has 92 valence electrons. The van der Waals surface area contributed by atoms with E-state index in [4.69, 9.17) is 4.74 Å². The van der Waals surface area contributed by atoms with Gasteiger partial charge in [-0.05, 0) is 30.7 Å². The first-order valence-electron chi connectivity index (χ1n) is 5.50. The predicted octanol–water partition coefficient (Wildman–Crippen LogP) is 1.80. The molecule has 0 radical (unpaired) electrons. The fourth-order valence-corrected chi connectivity index (χ4v) is 1.41. The summed E-state index contributed by atoms with van der Waals surface area (Å²) in [6, 6.07) is 9.42. The van der Waals surface area contributed by atoms with Crippen LogP contribution in [0.25, 0.3) is 0 Å². The topological polar surface area (TPSA) is 64.1 Å². The number of rotatable bonds is 4. The van der Waals surface area contributed by atoms with Crippen molar-refractivity contribution in [3.63, 3.8) is 0 Å². The Morgan fingerprint density at radius 2 is 2.06 bits per heavy atom. The average molecular weight is 243 g/mol. The monoisotopic (exact) mass is 243 g/mol. The maximum Gasteiger partial charge on any atom is 0.316 e. The molecule has 1 aromatic carbocycles. The van der Waals surface area contributed by atoms with Gasteiger partial charge in [0.1, 0.15) is 0 Å².